The second-order valence-corrected chi connectivity index (χ2v) is 9.76. The summed E-state index contributed by atoms with van der Waals surface area (Å²) in [5.41, 5.74) is 7.81. The van der Waals surface area contributed by atoms with E-state index < -0.39 is 11.6 Å². The highest BCUT2D eigenvalue weighted by Gasteiger charge is 2.42. The third kappa shape index (κ3) is 7.67. The first-order chi connectivity index (χ1) is 18.6. The molecular formula is C32H40ClNO4. The summed E-state index contributed by atoms with van der Waals surface area (Å²) in [5.74, 6) is 0.00875. The van der Waals surface area contributed by atoms with Gasteiger partial charge in [0.25, 0.3) is 0 Å². The van der Waals surface area contributed by atoms with Gasteiger partial charge >= 0.3 is 5.97 Å². The predicted octanol–water partition coefficient (Wildman–Crippen LogP) is 6.85. The number of carbonyl (C=O) groups excluding carboxylic acids is 1. The van der Waals surface area contributed by atoms with Crippen molar-refractivity contribution in [3.05, 3.63) is 106 Å². The van der Waals surface area contributed by atoms with Crippen LogP contribution in [0.1, 0.15) is 67.7 Å². The fraction of sp³-hybridized carbons (Fsp3) is 0.406. The van der Waals surface area contributed by atoms with Crippen molar-refractivity contribution in [2.45, 2.75) is 51.0 Å². The summed E-state index contributed by atoms with van der Waals surface area (Å²) in [6.07, 6.45) is 4.55. The van der Waals surface area contributed by atoms with Gasteiger partial charge in [0.15, 0.2) is 5.60 Å². The predicted molar refractivity (Wildman–Crippen MR) is 154 cm³/mol. The Kier molecular flexibility index (Phi) is 12.3. The Labute approximate surface area is 232 Å². The third-order valence-corrected chi connectivity index (χ3v) is 6.95. The van der Waals surface area contributed by atoms with E-state index in [4.69, 9.17) is 31.5 Å². The summed E-state index contributed by atoms with van der Waals surface area (Å²) in [7, 11) is 0. The molecule has 38 heavy (non-hydrogen) atoms. The highest BCUT2D eigenvalue weighted by molar-refractivity contribution is 6.31. The van der Waals surface area contributed by atoms with E-state index in [-0.39, 0.29) is 13.2 Å². The Morgan fingerprint density at radius 2 is 1.42 bits per heavy atom. The van der Waals surface area contributed by atoms with E-state index in [0.29, 0.717) is 36.3 Å². The van der Waals surface area contributed by atoms with Crippen molar-refractivity contribution in [3.8, 4) is 0 Å². The van der Waals surface area contributed by atoms with Gasteiger partial charge in [-0.25, -0.2) is 4.79 Å². The minimum Gasteiger partial charge on any atom is -0.442 e. The number of benzene rings is 3. The van der Waals surface area contributed by atoms with Crippen LogP contribution in [0.25, 0.3) is 0 Å². The van der Waals surface area contributed by atoms with Gasteiger partial charge in [-0.2, -0.15) is 0 Å². The molecule has 1 unspecified atom stereocenters. The number of hydrogen-bond donors (Lipinski definition) is 1. The monoisotopic (exact) mass is 537 g/mol. The van der Waals surface area contributed by atoms with E-state index in [9.17, 15) is 4.79 Å². The van der Waals surface area contributed by atoms with Crippen LogP contribution >= 0.6 is 11.6 Å². The van der Waals surface area contributed by atoms with Crippen molar-refractivity contribution in [2.75, 3.05) is 33.0 Å². The number of carbonyl (C=O) groups is 1. The second kappa shape index (κ2) is 15.6. The average molecular weight is 538 g/mol. The Bertz CT molecular complexity index is 1100. The lowest BCUT2D eigenvalue weighted by Gasteiger charge is -2.36. The molecule has 2 N–H and O–H groups in total. The number of ether oxygens (including phenoxy) is 3. The molecule has 0 bridgehead atoms. The lowest BCUT2D eigenvalue weighted by molar-refractivity contribution is -0.159. The second-order valence-electron chi connectivity index (χ2n) is 9.35. The molecule has 3 rings (SSSR count). The maximum Gasteiger partial charge on any atom is 0.333 e. The van der Waals surface area contributed by atoms with Gasteiger partial charge in [-0.3, -0.25) is 0 Å². The molecule has 6 heteroatoms. The molecule has 1 atom stereocenters. The maximum absolute atomic E-state index is 13.3. The van der Waals surface area contributed by atoms with Gasteiger partial charge in [-0.15, -0.1) is 0 Å². The zero-order valence-electron chi connectivity index (χ0n) is 22.5. The van der Waals surface area contributed by atoms with E-state index in [1.165, 1.54) is 5.56 Å². The normalized spacial score (nSPS) is 12.9. The molecule has 3 aromatic rings. The topological polar surface area (TPSA) is 70.8 Å². The minimum absolute atomic E-state index is 0.210. The highest BCUT2D eigenvalue weighted by Crippen LogP contribution is 2.44. The van der Waals surface area contributed by atoms with Crippen molar-refractivity contribution >= 4 is 17.6 Å². The van der Waals surface area contributed by atoms with E-state index in [2.05, 4.69) is 38.1 Å². The van der Waals surface area contributed by atoms with Crippen molar-refractivity contribution in [2.24, 2.45) is 5.73 Å². The summed E-state index contributed by atoms with van der Waals surface area (Å²) >= 11 is 6.78. The van der Waals surface area contributed by atoms with Crippen LogP contribution in [0, 0.1) is 0 Å². The largest absolute Gasteiger partial charge is 0.442 e. The van der Waals surface area contributed by atoms with E-state index in [0.717, 1.165) is 36.8 Å². The van der Waals surface area contributed by atoms with Crippen LogP contribution in [0.15, 0.2) is 78.9 Å². The lowest BCUT2D eigenvalue weighted by atomic mass is 9.79. The molecule has 0 aliphatic heterocycles. The van der Waals surface area contributed by atoms with Gasteiger partial charge in [0.1, 0.15) is 6.61 Å². The van der Waals surface area contributed by atoms with E-state index in [1.807, 2.05) is 54.6 Å². The number of halogens is 1. The fourth-order valence-electron chi connectivity index (χ4n) is 4.89. The molecule has 3 aromatic carbocycles. The fourth-order valence-corrected chi connectivity index (χ4v) is 5.16. The van der Waals surface area contributed by atoms with Crippen LogP contribution in [-0.4, -0.2) is 38.9 Å². The van der Waals surface area contributed by atoms with Crippen molar-refractivity contribution in [1.29, 1.82) is 0 Å². The zero-order chi connectivity index (χ0) is 27.2. The summed E-state index contributed by atoms with van der Waals surface area (Å²) in [4.78, 5) is 13.3. The van der Waals surface area contributed by atoms with E-state index in [1.54, 1.807) is 0 Å². The number of esters is 1. The van der Waals surface area contributed by atoms with Crippen LogP contribution in [0.2, 0.25) is 5.02 Å². The Morgan fingerprint density at radius 1 is 0.816 bits per heavy atom. The Balaban J connectivity index is 2.03. The van der Waals surface area contributed by atoms with Crippen LogP contribution in [-0.2, 0) is 24.6 Å². The number of rotatable bonds is 16. The molecule has 0 radical (unpaired) electrons. The van der Waals surface area contributed by atoms with E-state index >= 15 is 0 Å². The standard InChI is InChI=1S/C32H40ClNO4/c1-3-10-25(11-4-2)26-16-18-28(19-17-26)32(27-12-6-5-7-13-27,29-14-8-9-15-30(29)33)38-31(35)24-37-23-22-36-21-20-34/h5-9,12-19,25H,3-4,10-11,20-24,34H2,1-2H3. The van der Waals surface area contributed by atoms with Crippen LogP contribution in [0.5, 0.6) is 0 Å². The molecule has 0 aliphatic carbocycles. The van der Waals surface area contributed by atoms with Gasteiger partial charge in [-0.1, -0.05) is 111 Å². The summed E-state index contributed by atoms with van der Waals surface area (Å²) in [6.45, 7) is 5.75. The molecule has 204 valence electrons. The van der Waals surface area contributed by atoms with Gasteiger partial charge < -0.3 is 19.9 Å². The number of nitrogens with two attached hydrogens (primary N) is 1. The van der Waals surface area contributed by atoms with Gasteiger partial charge in [0, 0.05) is 28.3 Å². The van der Waals surface area contributed by atoms with Crippen LogP contribution < -0.4 is 5.73 Å². The highest BCUT2D eigenvalue weighted by atomic mass is 35.5. The Hall–Kier alpha value is -2.70. The van der Waals surface area contributed by atoms with Gasteiger partial charge in [-0.05, 0) is 30.4 Å². The molecule has 0 saturated carbocycles. The molecule has 0 heterocycles. The first kappa shape index (κ1) is 29.9. The first-order valence-corrected chi connectivity index (χ1v) is 13.9. The molecule has 0 fully saturated rings. The molecule has 0 aromatic heterocycles. The minimum atomic E-state index is -1.25. The summed E-state index contributed by atoms with van der Waals surface area (Å²) < 4.78 is 17.3. The SMILES string of the molecule is CCCC(CCC)c1ccc(C(OC(=O)COCCOCCN)(c2ccccc2)c2ccccc2Cl)cc1. The van der Waals surface area contributed by atoms with Crippen LogP contribution in [0.4, 0.5) is 0 Å². The maximum atomic E-state index is 13.3. The smallest absolute Gasteiger partial charge is 0.333 e. The summed E-state index contributed by atoms with van der Waals surface area (Å²) in [6, 6.07) is 25.7. The summed E-state index contributed by atoms with van der Waals surface area (Å²) in [5, 5.41) is 0.513. The van der Waals surface area contributed by atoms with Crippen LogP contribution in [0.3, 0.4) is 0 Å². The van der Waals surface area contributed by atoms with Gasteiger partial charge in [0.05, 0.1) is 19.8 Å². The molecular weight excluding hydrogens is 498 g/mol. The van der Waals surface area contributed by atoms with Gasteiger partial charge in [0.2, 0.25) is 0 Å². The van der Waals surface area contributed by atoms with Crippen molar-refractivity contribution in [1.82, 2.24) is 0 Å². The van der Waals surface area contributed by atoms with Crippen molar-refractivity contribution in [3.63, 3.8) is 0 Å². The molecule has 5 nitrogen and oxygen atoms in total. The quantitative estimate of drug-likeness (QED) is 0.123. The molecule has 0 spiro atoms. The van der Waals surface area contributed by atoms with Crippen molar-refractivity contribution < 1.29 is 19.0 Å². The average Bonchev–Trinajstić information content (AvgIpc) is 2.94. The lowest BCUT2D eigenvalue weighted by Crippen LogP contribution is -2.37. The molecule has 0 amide bonds. The zero-order valence-corrected chi connectivity index (χ0v) is 23.3. The molecule has 0 aliphatic rings. The third-order valence-electron chi connectivity index (χ3n) is 6.62. The first-order valence-electron chi connectivity index (χ1n) is 13.5. The Morgan fingerprint density at radius 3 is 2.05 bits per heavy atom. The molecule has 0 saturated heterocycles. The number of hydrogen-bond acceptors (Lipinski definition) is 5.